The minimum Gasteiger partial charge on any atom is -0.442 e. The van der Waals surface area contributed by atoms with Gasteiger partial charge in [0.05, 0.1) is 0 Å². The maximum atomic E-state index is 11.5. The van der Waals surface area contributed by atoms with Crippen LogP contribution in [-0.4, -0.2) is 28.9 Å². The number of aliphatic hydroxyl groups excluding tert-OH is 1. The molecule has 0 fully saturated rings. The van der Waals surface area contributed by atoms with Crippen LogP contribution in [0, 0.1) is 0 Å². The first-order chi connectivity index (χ1) is 9.28. The molecule has 0 radical (unpaired) electrons. The van der Waals surface area contributed by atoms with Crippen molar-refractivity contribution in [1.29, 1.82) is 0 Å². The van der Waals surface area contributed by atoms with E-state index in [1.165, 1.54) is 0 Å². The number of ether oxygens (including phenoxy) is 1. The van der Waals surface area contributed by atoms with Crippen LogP contribution in [-0.2, 0) is 20.8 Å². The summed E-state index contributed by atoms with van der Waals surface area (Å²) in [6.45, 7) is 5.04. The van der Waals surface area contributed by atoms with Gasteiger partial charge in [-0.05, 0) is 26.3 Å². The first-order valence-corrected chi connectivity index (χ1v) is 6.19. The minimum absolute atomic E-state index is 0.107. The molecule has 0 aliphatic rings. The molecule has 0 aliphatic heterocycles. The van der Waals surface area contributed by atoms with Crippen molar-refractivity contribution >= 4 is 12.1 Å². The molecule has 1 atom stereocenters. The lowest BCUT2D eigenvalue weighted by Gasteiger charge is -2.19. The summed E-state index contributed by atoms with van der Waals surface area (Å²) in [5, 5.41) is 9.65. The van der Waals surface area contributed by atoms with Gasteiger partial charge in [0.1, 0.15) is 5.60 Å². The van der Waals surface area contributed by atoms with Gasteiger partial charge in [-0.25, -0.2) is 9.59 Å². The summed E-state index contributed by atoms with van der Waals surface area (Å²) >= 11 is 0. The summed E-state index contributed by atoms with van der Waals surface area (Å²) in [6, 6.07) is 8.98. The first-order valence-electron chi connectivity index (χ1n) is 6.19. The van der Waals surface area contributed by atoms with Gasteiger partial charge in [-0.3, -0.25) is 0 Å². The smallest absolute Gasteiger partial charge is 0.441 e. The standard InChI is InChI=1S/C14H19NO5/c1-14(2,3)19-13(18)15-20-12(17)11(16)9-10-7-5-4-6-8-10/h4-8,11,16H,9H2,1-3H3,(H,15,18)/t11-/m1/s1. The van der Waals surface area contributed by atoms with Gasteiger partial charge in [0, 0.05) is 6.42 Å². The number of benzene rings is 1. The van der Waals surface area contributed by atoms with Gasteiger partial charge >= 0.3 is 12.1 Å². The Bertz CT molecular complexity index is 452. The Morgan fingerprint density at radius 1 is 1.25 bits per heavy atom. The lowest BCUT2D eigenvalue weighted by molar-refractivity contribution is -0.160. The number of nitrogens with one attached hydrogen (secondary N) is 1. The Kier molecular flexibility index (Phi) is 5.52. The fourth-order valence-electron chi connectivity index (χ4n) is 1.38. The zero-order chi connectivity index (χ0) is 15.2. The summed E-state index contributed by atoms with van der Waals surface area (Å²) in [4.78, 5) is 27.2. The van der Waals surface area contributed by atoms with Crippen molar-refractivity contribution in [3.8, 4) is 0 Å². The van der Waals surface area contributed by atoms with Crippen LogP contribution in [0.4, 0.5) is 4.79 Å². The second kappa shape index (κ2) is 6.91. The monoisotopic (exact) mass is 281 g/mol. The molecule has 1 rings (SSSR count). The van der Waals surface area contributed by atoms with E-state index in [0.29, 0.717) is 0 Å². The molecule has 0 aliphatic carbocycles. The lowest BCUT2D eigenvalue weighted by Crippen LogP contribution is -2.37. The number of amides is 1. The maximum Gasteiger partial charge on any atom is 0.441 e. The van der Waals surface area contributed by atoms with Crippen LogP contribution in [0.5, 0.6) is 0 Å². The molecule has 6 nitrogen and oxygen atoms in total. The highest BCUT2D eigenvalue weighted by Gasteiger charge is 2.21. The quantitative estimate of drug-likeness (QED) is 0.821. The summed E-state index contributed by atoms with van der Waals surface area (Å²) < 4.78 is 4.88. The van der Waals surface area contributed by atoms with Gasteiger partial charge in [-0.15, -0.1) is 5.48 Å². The lowest BCUT2D eigenvalue weighted by atomic mass is 10.1. The number of hydroxylamine groups is 1. The van der Waals surface area contributed by atoms with Crippen molar-refractivity contribution in [2.24, 2.45) is 0 Å². The number of hydrogen-bond donors (Lipinski definition) is 2. The summed E-state index contributed by atoms with van der Waals surface area (Å²) in [7, 11) is 0. The molecular formula is C14H19NO5. The Hall–Kier alpha value is -2.08. The predicted octanol–water partition coefficient (Wildman–Crippen LogP) is 1.57. The van der Waals surface area contributed by atoms with Gasteiger partial charge in [0.15, 0.2) is 6.10 Å². The molecule has 0 bridgehead atoms. The Labute approximate surface area is 117 Å². The molecule has 0 unspecified atom stereocenters. The van der Waals surface area contributed by atoms with E-state index in [-0.39, 0.29) is 6.42 Å². The third-order valence-electron chi connectivity index (χ3n) is 2.18. The minimum atomic E-state index is -1.35. The molecule has 0 saturated carbocycles. The zero-order valence-electron chi connectivity index (χ0n) is 11.8. The van der Waals surface area contributed by atoms with Crippen molar-refractivity contribution in [3.63, 3.8) is 0 Å². The summed E-state index contributed by atoms with van der Waals surface area (Å²) in [6.07, 6.45) is -2.14. The van der Waals surface area contributed by atoms with E-state index in [0.717, 1.165) is 5.56 Å². The third-order valence-corrected chi connectivity index (χ3v) is 2.18. The topological polar surface area (TPSA) is 84.9 Å². The van der Waals surface area contributed by atoms with Crippen LogP contribution in [0.15, 0.2) is 30.3 Å². The molecular weight excluding hydrogens is 262 g/mol. The highest BCUT2D eigenvalue weighted by molar-refractivity contribution is 5.77. The fourth-order valence-corrected chi connectivity index (χ4v) is 1.38. The highest BCUT2D eigenvalue weighted by Crippen LogP contribution is 2.07. The first kappa shape index (κ1) is 16.0. The molecule has 1 amide bonds. The molecule has 110 valence electrons. The predicted molar refractivity (Wildman–Crippen MR) is 71.6 cm³/mol. The molecule has 1 aromatic rings. The van der Waals surface area contributed by atoms with Gasteiger partial charge in [0.2, 0.25) is 0 Å². The van der Waals surface area contributed by atoms with Crippen LogP contribution in [0.25, 0.3) is 0 Å². The average molecular weight is 281 g/mol. The van der Waals surface area contributed by atoms with Crippen molar-refractivity contribution in [2.45, 2.75) is 38.9 Å². The van der Waals surface area contributed by atoms with Gasteiger partial charge in [-0.1, -0.05) is 30.3 Å². The van der Waals surface area contributed by atoms with Crippen molar-refractivity contribution < 1.29 is 24.3 Å². The summed E-state index contributed by atoms with van der Waals surface area (Å²) in [5.74, 6) is -0.945. The van der Waals surface area contributed by atoms with Crippen molar-refractivity contribution in [1.82, 2.24) is 5.48 Å². The van der Waals surface area contributed by atoms with Gasteiger partial charge in [-0.2, -0.15) is 0 Å². The maximum absolute atomic E-state index is 11.5. The van der Waals surface area contributed by atoms with E-state index in [1.54, 1.807) is 45.0 Å². The number of aliphatic hydroxyl groups is 1. The van der Waals surface area contributed by atoms with E-state index in [9.17, 15) is 14.7 Å². The van der Waals surface area contributed by atoms with Crippen LogP contribution >= 0.6 is 0 Å². The molecule has 0 aromatic heterocycles. The van der Waals surface area contributed by atoms with Crippen LogP contribution < -0.4 is 5.48 Å². The fraction of sp³-hybridized carbons (Fsp3) is 0.429. The zero-order valence-corrected chi connectivity index (χ0v) is 11.8. The molecule has 2 N–H and O–H groups in total. The Balaban J connectivity index is 2.37. The van der Waals surface area contributed by atoms with Gasteiger partial charge < -0.3 is 14.7 Å². The molecule has 0 spiro atoms. The Morgan fingerprint density at radius 3 is 2.40 bits per heavy atom. The average Bonchev–Trinajstić information content (AvgIpc) is 2.35. The van der Waals surface area contributed by atoms with Crippen LogP contribution in [0.1, 0.15) is 26.3 Å². The molecule has 20 heavy (non-hydrogen) atoms. The van der Waals surface area contributed by atoms with E-state index < -0.39 is 23.8 Å². The van der Waals surface area contributed by atoms with Crippen LogP contribution in [0.2, 0.25) is 0 Å². The second-order valence-corrected chi connectivity index (χ2v) is 5.23. The number of hydrogen-bond acceptors (Lipinski definition) is 5. The molecule has 0 heterocycles. The summed E-state index contributed by atoms with van der Waals surface area (Å²) in [5.41, 5.74) is 1.93. The van der Waals surface area contributed by atoms with Gasteiger partial charge in [0.25, 0.3) is 0 Å². The van der Waals surface area contributed by atoms with Crippen molar-refractivity contribution in [3.05, 3.63) is 35.9 Å². The van der Waals surface area contributed by atoms with Crippen LogP contribution in [0.3, 0.4) is 0 Å². The number of rotatable bonds is 3. The largest absolute Gasteiger partial charge is 0.442 e. The van der Waals surface area contributed by atoms with E-state index >= 15 is 0 Å². The van der Waals surface area contributed by atoms with Crippen molar-refractivity contribution in [2.75, 3.05) is 0 Å². The highest BCUT2D eigenvalue weighted by atomic mass is 16.7. The second-order valence-electron chi connectivity index (χ2n) is 5.23. The SMILES string of the molecule is CC(C)(C)OC(=O)NOC(=O)[C@H](O)Cc1ccccc1. The molecule has 0 saturated heterocycles. The molecule has 1 aromatic carbocycles. The van der Waals surface area contributed by atoms with E-state index in [4.69, 9.17) is 4.74 Å². The Morgan fingerprint density at radius 2 is 1.85 bits per heavy atom. The number of carbonyl (C=O) groups is 2. The van der Waals surface area contributed by atoms with E-state index in [2.05, 4.69) is 4.84 Å². The van der Waals surface area contributed by atoms with E-state index in [1.807, 2.05) is 11.5 Å². The normalized spacial score (nSPS) is 12.4. The molecule has 6 heteroatoms. The number of carbonyl (C=O) groups excluding carboxylic acids is 2. The third kappa shape index (κ3) is 6.19.